The van der Waals surface area contributed by atoms with Crippen LogP contribution in [0.5, 0.6) is 0 Å². The summed E-state index contributed by atoms with van der Waals surface area (Å²) in [5, 5.41) is 2.95. The maximum atomic E-state index is 12.2. The van der Waals surface area contributed by atoms with Crippen molar-refractivity contribution in [3.05, 3.63) is 53.9 Å². The molecule has 4 N–H and O–H groups in total. The number of amides is 1. The summed E-state index contributed by atoms with van der Waals surface area (Å²) in [6, 6.07) is 13.2. The third kappa shape index (κ3) is 4.29. The van der Waals surface area contributed by atoms with Crippen molar-refractivity contribution >= 4 is 53.1 Å². The molecule has 0 saturated heterocycles. The van der Waals surface area contributed by atoms with Crippen molar-refractivity contribution in [2.24, 2.45) is 0 Å². The van der Waals surface area contributed by atoms with Gasteiger partial charge in [-0.25, -0.2) is 4.98 Å². The highest BCUT2D eigenvalue weighted by atomic mass is 35.5. The molecule has 0 atom stereocenters. The standard InChI is InChI=1S/C19H20N4O.2ClH/c20-14-6-4-12(5-7-14)10-18(24)21-15-8-9-16-17(11-15)23-19(22-16)13-2-1-3-13;;/h4-9,11,13H,1-3,10,20H2,(H,21,24)(H,22,23);2*1H. The first-order valence-electron chi connectivity index (χ1n) is 8.31. The van der Waals surface area contributed by atoms with Crippen LogP contribution in [0.1, 0.15) is 36.6 Å². The average molecular weight is 393 g/mol. The second-order valence-corrected chi connectivity index (χ2v) is 6.45. The van der Waals surface area contributed by atoms with E-state index in [0.29, 0.717) is 18.0 Å². The predicted octanol–water partition coefficient (Wildman–Crippen LogP) is 4.44. The fourth-order valence-electron chi connectivity index (χ4n) is 3.01. The fourth-order valence-corrected chi connectivity index (χ4v) is 3.01. The molecule has 0 spiro atoms. The number of halogens is 2. The number of rotatable bonds is 4. The first kappa shape index (κ1) is 20.1. The lowest BCUT2D eigenvalue weighted by Gasteiger charge is -2.22. The molecule has 7 heteroatoms. The number of aromatic amines is 1. The van der Waals surface area contributed by atoms with Gasteiger partial charge in [-0.2, -0.15) is 0 Å². The van der Waals surface area contributed by atoms with Crippen LogP contribution >= 0.6 is 24.8 Å². The van der Waals surface area contributed by atoms with Crippen molar-refractivity contribution < 1.29 is 4.79 Å². The van der Waals surface area contributed by atoms with Crippen molar-refractivity contribution in [3.63, 3.8) is 0 Å². The first-order chi connectivity index (χ1) is 11.7. The van der Waals surface area contributed by atoms with Crippen molar-refractivity contribution in [2.45, 2.75) is 31.6 Å². The molecule has 1 aromatic heterocycles. The molecule has 26 heavy (non-hydrogen) atoms. The molecule has 1 aliphatic rings. The zero-order valence-corrected chi connectivity index (χ0v) is 15.8. The van der Waals surface area contributed by atoms with Gasteiger partial charge >= 0.3 is 0 Å². The predicted molar refractivity (Wildman–Crippen MR) is 110 cm³/mol. The zero-order valence-electron chi connectivity index (χ0n) is 14.2. The lowest BCUT2D eigenvalue weighted by molar-refractivity contribution is -0.115. The normalized spacial score (nSPS) is 13.4. The van der Waals surface area contributed by atoms with Crippen molar-refractivity contribution in [1.29, 1.82) is 0 Å². The van der Waals surface area contributed by atoms with Crippen molar-refractivity contribution in [1.82, 2.24) is 9.97 Å². The molecule has 1 aliphatic carbocycles. The van der Waals surface area contributed by atoms with E-state index >= 15 is 0 Å². The van der Waals surface area contributed by atoms with Crippen LogP contribution in [0.15, 0.2) is 42.5 Å². The summed E-state index contributed by atoms with van der Waals surface area (Å²) in [5.74, 6) is 1.60. The van der Waals surface area contributed by atoms with Gasteiger partial charge in [0.1, 0.15) is 5.82 Å². The van der Waals surface area contributed by atoms with Crippen LogP contribution in [-0.2, 0) is 11.2 Å². The summed E-state index contributed by atoms with van der Waals surface area (Å²) in [6.45, 7) is 0. The van der Waals surface area contributed by atoms with Crippen LogP contribution in [0, 0.1) is 0 Å². The van der Waals surface area contributed by atoms with Gasteiger partial charge in [0, 0.05) is 17.3 Å². The molecule has 0 unspecified atom stereocenters. The summed E-state index contributed by atoms with van der Waals surface area (Å²) < 4.78 is 0. The van der Waals surface area contributed by atoms with Gasteiger partial charge in [0.05, 0.1) is 17.5 Å². The van der Waals surface area contributed by atoms with Gasteiger partial charge in [0.2, 0.25) is 5.91 Å². The number of carbonyl (C=O) groups is 1. The summed E-state index contributed by atoms with van der Waals surface area (Å²) >= 11 is 0. The number of benzene rings is 2. The highest BCUT2D eigenvalue weighted by Crippen LogP contribution is 2.35. The Morgan fingerprint density at radius 3 is 2.54 bits per heavy atom. The Labute approximate surface area is 164 Å². The smallest absolute Gasteiger partial charge is 0.228 e. The molecule has 0 aliphatic heterocycles. The van der Waals surface area contributed by atoms with E-state index in [9.17, 15) is 4.79 Å². The second-order valence-electron chi connectivity index (χ2n) is 6.45. The van der Waals surface area contributed by atoms with Crippen LogP contribution < -0.4 is 11.1 Å². The van der Waals surface area contributed by atoms with Gasteiger partial charge in [-0.15, -0.1) is 24.8 Å². The van der Waals surface area contributed by atoms with Crippen LogP contribution in [0.3, 0.4) is 0 Å². The van der Waals surface area contributed by atoms with E-state index in [2.05, 4.69) is 15.3 Å². The average Bonchev–Trinajstić information content (AvgIpc) is 2.90. The molecule has 4 rings (SSSR count). The molecular weight excluding hydrogens is 371 g/mol. The quantitative estimate of drug-likeness (QED) is 0.573. The number of anilines is 2. The van der Waals surface area contributed by atoms with E-state index in [1.54, 1.807) is 12.1 Å². The number of fused-ring (bicyclic) bond motifs is 1. The van der Waals surface area contributed by atoms with E-state index in [0.717, 1.165) is 28.1 Å². The lowest BCUT2D eigenvalue weighted by Crippen LogP contribution is -2.14. The Morgan fingerprint density at radius 1 is 1.15 bits per heavy atom. The molecule has 138 valence electrons. The van der Waals surface area contributed by atoms with Crippen molar-refractivity contribution in [3.8, 4) is 0 Å². The number of hydrogen-bond acceptors (Lipinski definition) is 3. The SMILES string of the molecule is Cl.Cl.Nc1ccc(CC(=O)Nc2ccc3nc(C4CCC4)[nH]c3c2)cc1. The van der Waals surface area contributed by atoms with Gasteiger partial charge in [-0.3, -0.25) is 4.79 Å². The monoisotopic (exact) mass is 392 g/mol. The summed E-state index contributed by atoms with van der Waals surface area (Å²) in [4.78, 5) is 20.2. The highest BCUT2D eigenvalue weighted by Gasteiger charge is 2.22. The molecule has 1 saturated carbocycles. The maximum absolute atomic E-state index is 12.2. The Kier molecular flexibility index (Phi) is 6.51. The Balaban J connectivity index is 0.00000121. The Bertz CT molecular complexity index is 888. The largest absolute Gasteiger partial charge is 0.399 e. The topological polar surface area (TPSA) is 83.8 Å². The molecular formula is C19H22Cl2N4O. The van der Waals surface area contributed by atoms with Gasteiger partial charge < -0.3 is 16.0 Å². The number of imidazole rings is 1. The third-order valence-electron chi connectivity index (χ3n) is 4.62. The fraction of sp³-hybridized carbons (Fsp3) is 0.263. The minimum Gasteiger partial charge on any atom is -0.399 e. The zero-order chi connectivity index (χ0) is 16.5. The molecule has 1 fully saturated rings. The van der Waals surface area contributed by atoms with Crippen LogP contribution in [0.25, 0.3) is 11.0 Å². The molecule has 2 aromatic carbocycles. The van der Waals surface area contributed by atoms with Crippen LogP contribution in [-0.4, -0.2) is 15.9 Å². The molecule has 0 bridgehead atoms. The number of nitrogen functional groups attached to an aromatic ring is 1. The Morgan fingerprint density at radius 2 is 1.88 bits per heavy atom. The molecule has 1 amide bonds. The van der Waals surface area contributed by atoms with E-state index in [1.165, 1.54) is 19.3 Å². The summed E-state index contributed by atoms with van der Waals surface area (Å²) in [6.07, 6.45) is 4.04. The number of hydrogen-bond donors (Lipinski definition) is 3. The lowest BCUT2D eigenvalue weighted by atomic mass is 9.85. The summed E-state index contributed by atoms with van der Waals surface area (Å²) in [5.41, 5.74) is 10.0. The molecule has 3 aromatic rings. The van der Waals surface area contributed by atoms with E-state index in [1.807, 2.05) is 30.3 Å². The van der Waals surface area contributed by atoms with Crippen LogP contribution in [0.2, 0.25) is 0 Å². The molecule has 1 heterocycles. The number of aromatic nitrogens is 2. The third-order valence-corrected chi connectivity index (χ3v) is 4.62. The van der Waals surface area contributed by atoms with Gasteiger partial charge in [-0.05, 0) is 48.7 Å². The van der Waals surface area contributed by atoms with Crippen molar-refractivity contribution in [2.75, 3.05) is 11.1 Å². The van der Waals surface area contributed by atoms with Crippen LogP contribution in [0.4, 0.5) is 11.4 Å². The number of nitrogens with two attached hydrogens (primary N) is 1. The number of H-pyrrole nitrogens is 1. The number of nitrogens with zero attached hydrogens (tertiary/aromatic N) is 1. The van der Waals surface area contributed by atoms with Gasteiger partial charge in [0.15, 0.2) is 0 Å². The van der Waals surface area contributed by atoms with E-state index < -0.39 is 0 Å². The minimum atomic E-state index is -0.0437. The molecule has 5 nitrogen and oxygen atoms in total. The van der Waals surface area contributed by atoms with Gasteiger partial charge in [-0.1, -0.05) is 18.6 Å². The first-order valence-corrected chi connectivity index (χ1v) is 8.31. The Hall–Kier alpha value is -2.24. The number of carbonyl (C=O) groups excluding carboxylic acids is 1. The number of nitrogens with one attached hydrogen (secondary N) is 2. The van der Waals surface area contributed by atoms with E-state index in [-0.39, 0.29) is 30.7 Å². The minimum absolute atomic E-state index is 0. The highest BCUT2D eigenvalue weighted by molar-refractivity contribution is 5.94. The molecule has 0 radical (unpaired) electrons. The summed E-state index contributed by atoms with van der Waals surface area (Å²) in [7, 11) is 0. The second kappa shape index (κ2) is 8.43. The maximum Gasteiger partial charge on any atom is 0.228 e. The van der Waals surface area contributed by atoms with E-state index in [4.69, 9.17) is 5.73 Å². The van der Waals surface area contributed by atoms with Gasteiger partial charge in [0.25, 0.3) is 0 Å².